The van der Waals surface area contributed by atoms with Crippen LogP contribution in [-0.4, -0.2) is 32.7 Å². The second-order valence-electron chi connectivity index (χ2n) is 6.37. The van der Waals surface area contributed by atoms with Gasteiger partial charge in [-0.2, -0.15) is 5.10 Å². The Morgan fingerprint density at radius 1 is 1.22 bits per heavy atom. The van der Waals surface area contributed by atoms with Gasteiger partial charge in [0, 0.05) is 28.3 Å². The average molecular weight is 395 g/mol. The van der Waals surface area contributed by atoms with E-state index in [-0.39, 0.29) is 5.91 Å². The zero-order valence-corrected chi connectivity index (χ0v) is 14.9. The summed E-state index contributed by atoms with van der Waals surface area (Å²) in [5, 5.41) is 5.02. The van der Waals surface area contributed by atoms with Gasteiger partial charge in [-0.15, -0.1) is 0 Å². The lowest BCUT2D eigenvalue weighted by Gasteiger charge is -2.39. The highest BCUT2D eigenvalue weighted by atomic mass is 79.9. The molecule has 0 radical (unpaired) electrons. The van der Waals surface area contributed by atoms with Crippen molar-refractivity contribution in [2.24, 2.45) is 0 Å². The van der Waals surface area contributed by atoms with E-state index >= 15 is 0 Å². The van der Waals surface area contributed by atoms with E-state index in [0.29, 0.717) is 23.1 Å². The number of hydrogen-bond donors (Lipinski definition) is 0. The van der Waals surface area contributed by atoms with Crippen molar-refractivity contribution in [3.05, 3.63) is 51.7 Å². The lowest BCUT2D eigenvalue weighted by molar-refractivity contribution is 0.0524. The fourth-order valence-corrected chi connectivity index (χ4v) is 4.52. The van der Waals surface area contributed by atoms with Gasteiger partial charge in [-0.1, -0.05) is 33.6 Å². The first-order valence-electron chi connectivity index (χ1n) is 7.89. The zero-order valence-electron chi connectivity index (χ0n) is 12.5. The van der Waals surface area contributed by atoms with E-state index in [2.05, 4.69) is 25.9 Å². The van der Waals surface area contributed by atoms with Gasteiger partial charge in [-0.25, -0.2) is 0 Å². The Morgan fingerprint density at radius 2 is 1.96 bits per heavy atom. The maximum atomic E-state index is 12.9. The molecule has 0 N–H and O–H groups in total. The van der Waals surface area contributed by atoms with Gasteiger partial charge < -0.3 is 4.90 Å². The number of fused-ring (bicyclic) bond motifs is 2. The third-order valence-corrected chi connectivity index (χ3v) is 5.65. The lowest BCUT2D eigenvalue weighted by atomic mass is 9.96. The fraction of sp³-hybridized carbons (Fsp3) is 0.412. The maximum absolute atomic E-state index is 12.9. The van der Waals surface area contributed by atoms with Gasteiger partial charge in [-0.05, 0) is 43.9 Å². The molecule has 4 rings (SSSR count). The van der Waals surface area contributed by atoms with Crippen LogP contribution in [0.1, 0.15) is 42.1 Å². The molecule has 2 atom stereocenters. The monoisotopic (exact) mass is 393 g/mol. The van der Waals surface area contributed by atoms with Crippen molar-refractivity contribution >= 4 is 33.4 Å². The van der Waals surface area contributed by atoms with Crippen LogP contribution in [0.3, 0.4) is 0 Å². The molecule has 1 aromatic heterocycles. The van der Waals surface area contributed by atoms with Crippen molar-refractivity contribution in [2.45, 2.75) is 43.8 Å². The van der Waals surface area contributed by atoms with Crippen molar-refractivity contribution in [1.29, 1.82) is 0 Å². The smallest absolute Gasteiger partial charge is 0.254 e. The SMILES string of the molecule is O=C(c1cccc(Br)c1)N1C2CCC1CC(n1cc(Cl)cn1)C2. The summed E-state index contributed by atoms with van der Waals surface area (Å²) in [6.45, 7) is 0. The van der Waals surface area contributed by atoms with Gasteiger partial charge in [0.25, 0.3) is 5.91 Å². The third-order valence-electron chi connectivity index (χ3n) is 4.96. The van der Waals surface area contributed by atoms with E-state index in [1.807, 2.05) is 35.1 Å². The molecule has 6 heteroatoms. The van der Waals surface area contributed by atoms with E-state index < -0.39 is 0 Å². The number of hydrogen-bond acceptors (Lipinski definition) is 2. The molecule has 2 aromatic rings. The highest BCUT2D eigenvalue weighted by Gasteiger charge is 2.44. The van der Waals surface area contributed by atoms with E-state index in [9.17, 15) is 4.79 Å². The van der Waals surface area contributed by atoms with Crippen LogP contribution in [0.25, 0.3) is 0 Å². The van der Waals surface area contributed by atoms with Crippen molar-refractivity contribution in [2.75, 3.05) is 0 Å². The molecule has 120 valence electrons. The molecule has 2 saturated heterocycles. The second-order valence-corrected chi connectivity index (χ2v) is 7.72. The number of amides is 1. The molecule has 23 heavy (non-hydrogen) atoms. The predicted molar refractivity (Wildman–Crippen MR) is 92.6 cm³/mol. The predicted octanol–water partition coefficient (Wildman–Crippen LogP) is 4.31. The summed E-state index contributed by atoms with van der Waals surface area (Å²) in [6, 6.07) is 8.59. The van der Waals surface area contributed by atoms with Crippen LogP contribution in [0.5, 0.6) is 0 Å². The zero-order chi connectivity index (χ0) is 16.0. The normalized spacial score (nSPS) is 26.5. The van der Waals surface area contributed by atoms with Crippen molar-refractivity contribution in [1.82, 2.24) is 14.7 Å². The molecule has 0 aliphatic carbocycles. The minimum absolute atomic E-state index is 0.149. The van der Waals surface area contributed by atoms with Gasteiger partial charge >= 0.3 is 0 Å². The summed E-state index contributed by atoms with van der Waals surface area (Å²) in [4.78, 5) is 15.0. The molecule has 0 saturated carbocycles. The van der Waals surface area contributed by atoms with Crippen molar-refractivity contribution in [3.63, 3.8) is 0 Å². The molecule has 2 unspecified atom stereocenters. The number of piperidine rings is 1. The van der Waals surface area contributed by atoms with Crippen LogP contribution in [0.4, 0.5) is 0 Å². The van der Waals surface area contributed by atoms with Crippen LogP contribution in [-0.2, 0) is 0 Å². The molecular weight excluding hydrogens is 378 g/mol. The molecule has 0 spiro atoms. The molecule has 2 aliphatic heterocycles. The number of carbonyl (C=O) groups is 1. The highest BCUT2D eigenvalue weighted by molar-refractivity contribution is 9.10. The van der Waals surface area contributed by atoms with E-state index in [1.165, 1.54) is 0 Å². The van der Waals surface area contributed by atoms with E-state index in [4.69, 9.17) is 11.6 Å². The van der Waals surface area contributed by atoms with Crippen LogP contribution < -0.4 is 0 Å². The first-order chi connectivity index (χ1) is 11.1. The fourth-order valence-electron chi connectivity index (χ4n) is 3.98. The van der Waals surface area contributed by atoms with Gasteiger partial charge in [0.2, 0.25) is 0 Å². The molecular formula is C17H17BrClN3O. The Hall–Kier alpha value is -1.33. The maximum Gasteiger partial charge on any atom is 0.254 e. The second kappa shape index (κ2) is 5.95. The summed E-state index contributed by atoms with van der Waals surface area (Å²) < 4.78 is 2.91. The number of carbonyl (C=O) groups excluding carboxylic acids is 1. The highest BCUT2D eigenvalue weighted by Crippen LogP contribution is 2.41. The molecule has 3 heterocycles. The third kappa shape index (κ3) is 2.81. The average Bonchev–Trinajstić information content (AvgIpc) is 3.08. The van der Waals surface area contributed by atoms with Crippen molar-refractivity contribution in [3.8, 4) is 0 Å². The summed E-state index contributed by atoms with van der Waals surface area (Å²) >= 11 is 9.44. The Balaban J connectivity index is 1.55. The van der Waals surface area contributed by atoms with Gasteiger partial charge in [0.05, 0.1) is 17.3 Å². The minimum atomic E-state index is 0.149. The number of aromatic nitrogens is 2. The van der Waals surface area contributed by atoms with Gasteiger partial charge in [0.1, 0.15) is 0 Å². The topological polar surface area (TPSA) is 38.1 Å². The lowest BCUT2D eigenvalue weighted by Crippen LogP contribution is -2.47. The summed E-state index contributed by atoms with van der Waals surface area (Å²) in [6.07, 6.45) is 7.63. The standard InChI is InChI=1S/C17H17BrClN3O/c18-12-3-1-2-11(6-12)17(23)22-14-4-5-15(22)8-16(7-14)21-10-13(19)9-20-21/h1-3,6,9-10,14-16H,4-5,7-8H2. The molecule has 4 nitrogen and oxygen atoms in total. The Kier molecular flexibility index (Phi) is 3.93. The van der Waals surface area contributed by atoms with Crippen LogP contribution >= 0.6 is 27.5 Å². The quantitative estimate of drug-likeness (QED) is 0.761. The Bertz CT molecular complexity index is 733. The summed E-state index contributed by atoms with van der Waals surface area (Å²) in [5.41, 5.74) is 0.761. The molecule has 2 aliphatic rings. The van der Waals surface area contributed by atoms with Crippen LogP contribution in [0.15, 0.2) is 41.1 Å². The Morgan fingerprint density at radius 3 is 2.57 bits per heavy atom. The summed E-state index contributed by atoms with van der Waals surface area (Å²) in [5.74, 6) is 0.149. The number of benzene rings is 1. The summed E-state index contributed by atoms with van der Waals surface area (Å²) in [7, 11) is 0. The molecule has 2 fully saturated rings. The number of rotatable bonds is 2. The molecule has 1 amide bonds. The first kappa shape index (κ1) is 15.2. The van der Waals surface area contributed by atoms with Gasteiger partial charge in [-0.3, -0.25) is 9.48 Å². The van der Waals surface area contributed by atoms with E-state index in [1.54, 1.807) is 6.20 Å². The number of halogens is 2. The van der Waals surface area contributed by atoms with Gasteiger partial charge in [0.15, 0.2) is 0 Å². The molecule has 1 aromatic carbocycles. The molecule has 2 bridgehead atoms. The van der Waals surface area contributed by atoms with E-state index in [0.717, 1.165) is 35.7 Å². The first-order valence-corrected chi connectivity index (χ1v) is 9.07. The van der Waals surface area contributed by atoms with Crippen LogP contribution in [0, 0.1) is 0 Å². The minimum Gasteiger partial charge on any atom is -0.333 e. The number of nitrogens with zero attached hydrogens (tertiary/aromatic N) is 3. The largest absolute Gasteiger partial charge is 0.333 e. The Labute approximate surface area is 148 Å². The van der Waals surface area contributed by atoms with Crippen LogP contribution in [0.2, 0.25) is 5.02 Å². The van der Waals surface area contributed by atoms with Crippen molar-refractivity contribution < 1.29 is 4.79 Å².